The molecule has 0 fully saturated rings. The lowest BCUT2D eigenvalue weighted by molar-refractivity contribution is 0.411. The Kier molecular flexibility index (Phi) is 5.18. The van der Waals surface area contributed by atoms with Crippen LogP contribution < -0.4 is 10.3 Å². The molecule has 0 radical (unpaired) electrons. The van der Waals surface area contributed by atoms with E-state index in [-0.39, 0.29) is 5.56 Å². The van der Waals surface area contributed by atoms with Gasteiger partial charge in [0, 0.05) is 21.7 Å². The molecule has 1 N–H and O–H groups in total. The largest absolute Gasteiger partial charge is 0.495 e. The minimum atomic E-state index is -0.167. The molecular formula is C24H18ClN3O2S. The molecule has 0 bridgehead atoms. The van der Waals surface area contributed by atoms with Crippen LogP contribution in [0.25, 0.3) is 27.6 Å². The average Bonchev–Trinajstić information content (AvgIpc) is 3.17. The minimum absolute atomic E-state index is 0.167. The van der Waals surface area contributed by atoms with Gasteiger partial charge in [-0.1, -0.05) is 65.8 Å². The molecule has 0 saturated carbocycles. The molecule has 0 atom stereocenters. The number of hydrogen-bond acceptors (Lipinski definition) is 4. The van der Waals surface area contributed by atoms with Gasteiger partial charge in [-0.25, -0.2) is 9.55 Å². The van der Waals surface area contributed by atoms with E-state index in [0.717, 1.165) is 16.5 Å². The van der Waals surface area contributed by atoms with E-state index in [0.29, 0.717) is 38.4 Å². The van der Waals surface area contributed by atoms with Crippen LogP contribution in [0, 0.1) is 0 Å². The van der Waals surface area contributed by atoms with Crippen LogP contribution in [0.15, 0.2) is 82.7 Å². The molecule has 5 nitrogen and oxygen atoms in total. The van der Waals surface area contributed by atoms with Crippen molar-refractivity contribution in [3.8, 4) is 11.4 Å². The van der Waals surface area contributed by atoms with Gasteiger partial charge in [-0.15, -0.1) is 0 Å². The summed E-state index contributed by atoms with van der Waals surface area (Å²) in [6.07, 6.45) is 0. The van der Waals surface area contributed by atoms with Crippen LogP contribution in [-0.4, -0.2) is 21.6 Å². The maximum atomic E-state index is 13.7. The van der Waals surface area contributed by atoms with Crippen LogP contribution in [0.3, 0.4) is 0 Å². The van der Waals surface area contributed by atoms with E-state index < -0.39 is 0 Å². The lowest BCUT2D eigenvalue weighted by Gasteiger charge is -2.15. The lowest BCUT2D eigenvalue weighted by atomic mass is 10.2. The second-order valence-corrected chi connectivity index (χ2v) is 8.40. The van der Waals surface area contributed by atoms with Crippen molar-refractivity contribution >= 4 is 45.3 Å². The van der Waals surface area contributed by atoms with Gasteiger partial charge in [-0.2, -0.15) is 0 Å². The Labute approximate surface area is 187 Å². The summed E-state index contributed by atoms with van der Waals surface area (Å²) in [6.45, 7) is 0. The number of aromatic amines is 1. The molecule has 0 saturated heterocycles. The number of nitrogens with one attached hydrogen (secondary N) is 1. The summed E-state index contributed by atoms with van der Waals surface area (Å²) in [4.78, 5) is 21.8. The first-order valence-electron chi connectivity index (χ1n) is 9.70. The molecule has 0 amide bonds. The van der Waals surface area contributed by atoms with E-state index in [1.165, 1.54) is 11.8 Å². The van der Waals surface area contributed by atoms with E-state index in [4.69, 9.17) is 21.3 Å². The molecule has 0 aliphatic rings. The van der Waals surface area contributed by atoms with E-state index in [1.807, 2.05) is 72.8 Å². The third-order valence-corrected chi connectivity index (χ3v) is 6.32. The molecule has 3 aromatic carbocycles. The highest BCUT2D eigenvalue weighted by molar-refractivity contribution is 7.98. The Morgan fingerprint density at radius 2 is 1.87 bits per heavy atom. The van der Waals surface area contributed by atoms with E-state index in [9.17, 15) is 4.79 Å². The van der Waals surface area contributed by atoms with Crippen molar-refractivity contribution in [2.24, 2.45) is 0 Å². The van der Waals surface area contributed by atoms with Gasteiger partial charge in [0.2, 0.25) is 0 Å². The number of benzene rings is 3. The highest BCUT2D eigenvalue weighted by Crippen LogP contribution is 2.31. The van der Waals surface area contributed by atoms with Gasteiger partial charge in [0.25, 0.3) is 5.56 Å². The summed E-state index contributed by atoms with van der Waals surface area (Å²) in [5.74, 6) is 1.22. The molecule has 2 aromatic heterocycles. The molecule has 154 valence electrons. The quantitative estimate of drug-likeness (QED) is 0.272. The second-order valence-electron chi connectivity index (χ2n) is 7.02. The number of methoxy groups -OCH3 is 1. The number of H-pyrrole nitrogens is 1. The van der Waals surface area contributed by atoms with Gasteiger partial charge in [-0.05, 0) is 35.9 Å². The second kappa shape index (κ2) is 8.13. The fraction of sp³-hybridized carbons (Fsp3) is 0.0833. The van der Waals surface area contributed by atoms with Gasteiger partial charge in [0.05, 0.1) is 12.8 Å². The lowest BCUT2D eigenvalue weighted by Crippen LogP contribution is -2.22. The Morgan fingerprint density at radius 1 is 1.06 bits per heavy atom. The van der Waals surface area contributed by atoms with Crippen LogP contribution >= 0.6 is 23.4 Å². The zero-order valence-electron chi connectivity index (χ0n) is 16.6. The van der Waals surface area contributed by atoms with Gasteiger partial charge < -0.3 is 9.72 Å². The van der Waals surface area contributed by atoms with Crippen LogP contribution in [0.4, 0.5) is 0 Å². The fourth-order valence-corrected chi connectivity index (χ4v) is 4.80. The number of halogens is 1. The third-order valence-electron chi connectivity index (χ3n) is 5.08. The van der Waals surface area contributed by atoms with Crippen molar-refractivity contribution in [1.82, 2.24) is 14.5 Å². The molecule has 0 aliphatic heterocycles. The molecule has 0 spiro atoms. The first kappa shape index (κ1) is 19.7. The molecule has 5 rings (SSSR count). The Balaban J connectivity index is 1.74. The molecule has 5 aromatic rings. The number of nitrogens with zero attached hydrogens (tertiary/aromatic N) is 2. The number of aromatic nitrogens is 3. The molecule has 2 heterocycles. The SMILES string of the molecule is COc1ccccc1-n1c(SCc2cccc(Cl)c2)nc2c([nH]c3ccccc32)c1=O. The highest BCUT2D eigenvalue weighted by Gasteiger charge is 2.19. The monoisotopic (exact) mass is 447 g/mol. The number of para-hydroxylation sites is 3. The molecule has 31 heavy (non-hydrogen) atoms. The number of thioether (sulfide) groups is 1. The van der Waals surface area contributed by atoms with Crippen LogP contribution in [0.1, 0.15) is 5.56 Å². The topological polar surface area (TPSA) is 59.9 Å². The summed E-state index contributed by atoms with van der Waals surface area (Å²) in [5, 5.41) is 2.19. The number of hydrogen-bond donors (Lipinski definition) is 1. The van der Waals surface area contributed by atoms with E-state index in [1.54, 1.807) is 11.7 Å². The molecular weight excluding hydrogens is 430 g/mol. The van der Waals surface area contributed by atoms with Crippen LogP contribution in [0.5, 0.6) is 5.75 Å². The van der Waals surface area contributed by atoms with Crippen LogP contribution in [-0.2, 0) is 5.75 Å². The van der Waals surface area contributed by atoms with E-state index in [2.05, 4.69) is 4.98 Å². The average molecular weight is 448 g/mol. The van der Waals surface area contributed by atoms with E-state index >= 15 is 0 Å². The summed E-state index contributed by atoms with van der Waals surface area (Å²) >= 11 is 7.63. The summed E-state index contributed by atoms with van der Waals surface area (Å²) in [6, 6.07) is 22.9. The first-order valence-corrected chi connectivity index (χ1v) is 11.1. The predicted molar refractivity (Wildman–Crippen MR) is 127 cm³/mol. The smallest absolute Gasteiger partial charge is 0.283 e. The number of fused-ring (bicyclic) bond motifs is 3. The standard InChI is InChI=1S/C24H18ClN3O2S/c1-30-20-12-5-4-11-19(20)28-23(29)22-21(17-9-2-3-10-18(17)26-22)27-24(28)31-14-15-7-6-8-16(25)13-15/h2-13,26H,14H2,1H3. The van der Waals surface area contributed by atoms with Crippen molar-refractivity contribution in [3.63, 3.8) is 0 Å². The Bertz CT molecular complexity index is 1480. The maximum absolute atomic E-state index is 13.7. The highest BCUT2D eigenvalue weighted by atomic mass is 35.5. The van der Waals surface area contributed by atoms with Gasteiger partial charge in [-0.3, -0.25) is 4.79 Å². The van der Waals surface area contributed by atoms with Crippen molar-refractivity contribution in [1.29, 1.82) is 0 Å². The Hall–Kier alpha value is -3.22. The van der Waals surface area contributed by atoms with Gasteiger partial charge in [0.15, 0.2) is 5.16 Å². The fourth-order valence-electron chi connectivity index (χ4n) is 3.64. The van der Waals surface area contributed by atoms with Crippen molar-refractivity contribution in [2.75, 3.05) is 7.11 Å². The van der Waals surface area contributed by atoms with Gasteiger partial charge in [0.1, 0.15) is 16.8 Å². The minimum Gasteiger partial charge on any atom is -0.495 e. The molecule has 0 unspecified atom stereocenters. The molecule has 7 heteroatoms. The molecule has 0 aliphatic carbocycles. The van der Waals surface area contributed by atoms with Crippen molar-refractivity contribution < 1.29 is 4.74 Å². The zero-order chi connectivity index (χ0) is 21.4. The zero-order valence-corrected chi connectivity index (χ0v) is 18.2. The first-order chi connectivity index (χ1) is 15.2. The summed E-state index contributed by atoms with van der Waals surface area (Å²) in [5.41, 5.74) is 3.55. The van der Waals surface area contributed by atoms with Gasteiger partial charge >= 0.3 is 0 Å². The van der Waals surface area contributed by atoms with Crippen LogP contribution in [0.2, 0.25) is 5.02 Å². The third kappa shape index (κ3) is 3.58. The summed E-state index contributed by atoms with van der Waals surface area (Å²) < 4.78 is 7.15. The number of rotatable bonds is 5. The van der Waals surface area contributed by atoms with Crippen molar-refractivity contribution in [3.05, 3.63) is 93.7 Å². The number of ether oxygens (including phenoxy) is 1. The summed E-state index contributed by atoms with van der Waals surface area (Å²) in [7, 11) is 1.59. The maximum Gasteiger partial charge on any atom is 0.283 e. The normalized spacial score (nSPS) is 11.3. The van der Waals surface area contributed by atoms with Crippen molar-refractivity contribution in [2.45, 2.75) is 10.9 Å². The Morgan fingerprint density at radius 3 is 2.71 bits per heavy atom. The predicted octanol–water partition coefficient (Wildman–Crippen LogP) is 5.82.